The molecule has 1 heterocycles. The Kier molecular flexibility index (Phi) is 6.08. The van der Waals surface area contributed by atoms with Gasteiger partial charge in [-0.25, -0.2) is 0 Å². The summed E-state index contributed by atoms with van der Waals surface area (Å²) in [6.07, 6.45) is -0.566. The molecule has 1 aliphatic rings. The van der Waals surface area contributed by atoms with Gasteiger partial charge in [-0.05, 0) is 25.7 Å². The SMILES string of the molecule is CCc1nn(C)c(CC)c1CNCCN(CC(F)(F)F)C1CC1. The first kappa shape index (κ1) is 18.3. The molecule has 0 bridgehead atoms. The molecule has 7 heteroatoms. The highest BCUT2D eigenvalue weighted by Gasteiger charge is 2.37. The summed E-state index contributed by atoms with van der Waals surface area (Å²) in [6.45, 7) is 5.04. The topological polar surface area (TPSA) is 33.1 Å². The number of halogens is 3. The summed E-state index contributed by atoms with van der Waals surface area (Å²) in [6, 6.07) is 0.120. The second kappa shape index (κ2) is 7.66. The second-order valence-corrected chi connectivity index (χ2v) is 6.20. The predicted octanol–water partition coefficient (Wildman–Crippen LogP) is 2.66. The van der Waals surface area contributed by atoms with E-state index in [4.69, 9.17) is 0 Å². The Morgan fingerprint density at radius 1 is 1.26 bits per heavy atom. The fourth-order valence-corrected chi connectivity index (χ4v) is 3.09. The van der Waals surface area contributed by atoms with Crippen molar-refractivity contribution in [2.75, 3.05) is 19.6 Å². The van der Waals surface area contributed by atoms with Crippen LogP contribution in [0.25, 0.3) is 0 Å². The average molecular weight is 332 g/mol. The van der Waals surface area contributed by atoms with Gasteiger partial charge in [0.1, 0.15) is 0 Å². The number of alkyl halides is 3. The number of hydrogen-bond acceptors (Lipinski definition) is 3. The van der Waals surface area contributed by atoms with Gasteiger partial charge in [0.2, 0.25) is 0 Å². The van der Waals surface area contributed by atoms with Crippen molar-refractivity contribution in [2.24, 2.45) is 7.05 Å². The first-order chi connectivity index (χ1) is 10.9. The predicted molar refractivity (Wildman–Crippen MR) is 84.3 cm³/mol. The molecule has 1 saturated carbocycles. The molecule has 0 unspecified atom stereocenters. The van der Waals surface area contributed by atoms with Gasteiger partial charge in [-0.3, -0.25) is 9.58 Å². The fraction of sp³-hybridized carbons (Fsp3) is 0.812. The van der Waals surface area contributed by atoms with E-state index in [9.17, 15) is 13.2 Å². The van der Waals surface area contributed by atoms with Gasteiger partial charge in [0.05, 0.1) is 12.2 Å². The number of nitrogens with zero attached hydrogens (tertiary/aromatic N) is 3. The van der Waals surface area contributed by atoms with Gasteiger partial charge >= 0.3 is 6.18 Å². The van der Waals surface area contributed by atoms with Crippen molar-refractivity contribution in [3.8, 4) is 0 Å². The first-order valence-corrected chi connectivity index (χ1v) is 8.40. The Morgan fingerprint density at radius 2 is 1.96 bits per heavy atom. The normalized spacial score (nSPS) is 15.6. The van der Waals surface area contributed by atoms with Gasteiger partial charge in [0.15, 0.2) is 0 Å². The van der Waals surface area contributed by atoms with Crippen LogP contribution in [0.15, 0.2) is 0 Å². The van der Waals surface area contributed by atoms with E-state index in [0.717, 1.165) is 31.4 Å². The van der Waals surface area contributed by atoms with E-state index in [2.05, 4.69) is 24.3 Å². The van der Waals surface area contributed by atoms with Crippen LogP contribution in [0.5, 0.6) is 0 Å². The Bertz CT molecular complexity index is 506. The molecule has 0 saturated heterocycles. The molecule has 1 aromatic heterocycles. The lowest BCUT2D eigenvalue weighted by Crippen LogP contribution is -2.40. The highest BCUT2D eigenvalue weighted by atomic mass is 19.4. The molecule has 1 N–H and O–H groups in total. The summed E-state index contributed by atoms with van der Waals surface area (Å²) >= 11 is 0. The smallest absolute Gasteiger partial charge is 0.311 e. The summed E-state index contributed by atoms with van der Waals surface area (Å²) in [5.41, 5.74) is 3.47. The summed E-state index contributed by atoms with van der Waals surface area (Å²) in [7, 11) is 1.94. The highest BCUT2D eigenvalue weighted by Crippen LogP contribution is 2.29. The monoisotopic (exact) mass is 332 g/mol. The molecule has 2 rings (SSSR count). The molecule has 0 spiro atoms. The third-order valence-electron chi connectivity index (χ3n) is 4.35. The van der Waals surface area contributed by atoms with Gasteiger partial charge < -0.3 is 5.32 Å². The zero-order valence-electron chi connectivity index (χ0n) is 14.2. The van der Waals surface area contributed by atoms with E-state index in [-0.39, 0.29) is 6.04 Å². The van der Waals surface area contributed by atoms with Gasteiger partial charge in [0, 0.05) is 44.0 Å². The zero-order valence-corrected chi connectivity index (χ0v) is 14.2. The van der Waals surface area contributed by atoms with E-state index in [1.165, 1.54) is 11.3 Å². The molecule has 0 aliphatic heterocycles. The third kappa shape index (κ3) is 5.21. The molecular formula is C16H27F3N4. The molecule has 1 aromatic rings. The van der Waals surface area contributed by atoms with E-state index in [1.807, 2.05) is 11.7 Å². The van der Waals surface area contributed by atoms with Gasteiger partial charge in [-0.2, -0.15) is 18.3 Å². The van der Waals surface area contributed by atoms with Crippen LogP contribution in [0.1, 0.15) is 43.6 Å². The van der Waals surface area contributed by atoms with Crippen molar-refractivity contribution < 1.29 is 13.2 Å². The number of aryl methyl sites for hydroxylation is 2. The Morgan fingerprint density at radius 3 is 2.48 bits per heavy atom. The summed E-state index contributed by atoms with van der Waals surface area (Å²) in [4.78, 5) is 1.55. The molecule has 1 fully saturated rings. The van der Waals surface area contributed by atoms with E-state index >= 15 is 0 Å². The second-order valence-electron chi connectivity index (χ2n) is 6.20. The molecule has 0 amide bonds. The van der Waals surface area contributed by atoms with Crippen LogP contribution in [-0.4, -0.2) is 46.5 Å². The molecule has 0 atom stereocenters. The lowest BCUT2D eigenvalue weighted by molar-refractivity contribution is -0.147. The summed E-state index contributed by atoms with van der Waals surface area (Å²) in [5, 5.41) is 7.82. The summed E-state index contributed by atoms with van der Waals surface area (Å²) in [5.74, 6) is 0. The van der Waals surface area contributed by atoms with Crippen LogP contribution in [0.2, 0.25) is 0 Å². The quantitative estimate of drug-likeness (QED) is 0.706. The molecule has 1 aliphatic carbocycles. The molecule has 23 heavy (non-hydrogen) atoms. The van der Waals surface area contributed by atoms with E-state index in [1.54, 1.807) is 4.90 Å². The minimum atomic E-state index is -4.11. The fourth-order valence-electron chi connectivity index (χ4n) is 3.09. The van der Waals surface area contributed by atoms with Crippen molar-refractivity contribution in [1.82, 2.24) is 20.0 Å². The standard InChI is InChI=1S/C16H27F3N4/c1-4-14-13(15(5-2)22(3)21-14)10-20-8-9-23(12-6-7-12)11-16(17,18)19/h12,20H,4-11H2,1-3H3. The average Bonchev–Trinajstić information content (AvgIpc) is 3.26. The van der Waals surface area contributed by atoms with Gasteiger partial charge in [-0.1, -0.05) is 13.8 Å². The summed E-state index contributed by atoms with van der Waals surface area (Å²) < 4.78 is 39.7. The van der Waals surface area contributed by atoms with Crippen LogP contribution < -0.4 is 5.32 Å². The van der Waals surface area contributed by atoms with Crippen molar-refractivity contribution in [3.63, 3.8) is 0 Å². The minimum absolute atomic E-state index is 0.120. The van der Waals surface area contributed by atoms with Gasteiger partial charge in [-0.15, -0.1) is 0 Å². The van der Waals surface area contributed by atoms with Crippen LogP contribution in [0.4, 0.5) is 13.2 Å². The minimum Gasteiger partial charge on any atom is -0.311 e. The molecule has 0 radical (unpaired) electrons. The Labute approximate surface area is 136 Å². The van der Waals surface area contributed by atoms with Crippen LogP contribution in [0, 0.1) is 0 Å². The Hall–Kier alpha value is -1.08. The molecule has 132 valence electrons. The maximum absolute atomic E-state index is 12.6. The lowest BCUT2D eigenvalue weighted by atomic mass is 10.1. The lowest BCUT2D eigenvalue weighted by Gasteiger charge is -2.23. The maximum Gasteiger partial charge on any atom is 0.401 e. The van der Waals surface area contributed by atoms with Crippen LogP contribution in [0.3, 0.4) is 0 Å². The van der Waals surface area contributed by atoms with E-state index < -0.39 is 12.7 Å². The van der Waals surface area contributed by atoms with Crippen molar-refractivity contribution >= 4 is 0 Å². The Balaban J connectivity index is 1.85. The van der Waals surface area contributed by atoms with Crippen molar-refractivity contribution in [3.05, 3.63) is 17.0 Å². The zero-order chi connectivity index (χ0) is 17.0. The van der Waals surface area contributed by atoms with Crippen LogP contribution in [-0.2, 0) is 26.4 Å². The van der Waals surface area contributed by atoms with Gasteiger partial charge in [0.25, 0.3) is 0 Å². The molecule has 4 nitrogen and oxygen atoms in total. The highest BCUT2D eigenvalue weighted by molar-refractivity contribution is 5.26. The molecule has 0 aromatic carbocycles. The number of rotatable bonds is 9. The number of hydrogen-bond donors (Lipinski definition) is 1. The van der Waals surface area contributed by atoms with Crippen LogP contribution >= 0.6 is 0 Å². The largest absolute Gasteiger partial charge is 0.401 e. The molecular weight excluding hydrogens is 305 g/mol. The van der Waals surface area contributed by atoms with Crippen molar-refractivity contribution in [2.45, 2.75) is 58.3 Å². The number of nitrogens with one attached hydrogen (secondary N) is 1. The first-order valence-electron chi connectivity index (χ1n) is 8.40. The maximum atomic E-state index is 12.6. The van der Waals surface area contributed by atoms with Crippen molar-refractivity contribution in [1.29, 1.82) is 0 Å². The third-order valence-corrected chi connectivity index (χ3v) is 4.35. The van der Waals surface area contributed by atoms with E-state index in [0.29, 0.717) is 19.6 Å². The number of aromatic nitrogens is 2.